The lowest BCUT2D eigenvalue weighted by atomic mass is 9.87. The van der Waals surface area contributed by atoms with Crippen LogP contribution in [0.5, 0.6) is 5.75 Å². The molecule has 120 valence electrons. The third kappa shape index (κ3) is 3.61. The molecule has 1 saturated heterocycles. The van der Waals surface area contributed by atoms with Crippen LogP contribution < -0.4 is 10.1 Å². The molecule has 1 amide bonds. The Hall–Kier alpha value is -1.55. The van der Waals surface area contributed by atoms with E-state index in [1.807, 2.05) is 12.1 Å². The van der Waals surface area contributed by atoms with Crippen LogP contribution in [-0.4, -0.2) is 36.0 Å². The molecule has 2 unspecified atom stereocenters. The highest BCUT2D eigenvalue weighted by molar-refractivity contribution is 5.79. The zero-order valence-corrected chi connectivity index (χ0v) is 13.4. The van der Waals surface area contributed by atoms with Crippen molar-refractivity contribution < 1.29 is 9.53 Å². The molecule has 2 aliphatic rings. The molecule has 1 heterocycles. The maximum absolute atomic E-state index is 11.9. The van der Waals surface area contributed by atoms with Gasteiger partial charge >= 0.3 is 0 Å². The molecular formula is C18H26N2O2. The molecule has 1 aromatic rings. The fourth-order valence-corrected chi connectivity index (χ4v) is 3.63. The van der Waals surface area contributed by atoms with Gasteiger partial charge in [-0.05, 0) is 37.0 Å². The number of nitrogens with zero attached hydrogens (tertiary/aromatic N) is 1. The highest BCUT2D eigenvalue weighted by atomic mass is 16.5. The Morgan fingerprint density at radius 1 is 1.32 bits per heavy atom. The summed E-state index contributed by atoms with van der Waals surface area (Å²) in [5.74, 6) is 1.10. The minimum Gasteiger partial charge on any atom is -0.494 e. The summed E-state index contributed by atoms with van der Waals surface area (Å²) >= 11 is 0. The van der Waals surface area contributed by atoms with Crippen LogP contribution in [0.25, 0.3) is 0 Å². The van der Waals surface area contributed by atoms with Gasteiger partial charge in [-0.15, -0.1) is 0 Å². The Bertz CT molecular complexity index is 518. The van der Waals surface area contributed by atoms with Crippen molar-refractivity contribution in [2.24, 2.45) is 0 Å². The van der Waals surface area contributed by atoms with E-state index in [9.17, 15) is 4.79 Å². The molecule has 1 aromatic carbocycles. The molecule has 22 heavy (non-hydrogen) atoms. The van der Waals surface area contributed by atoms with E-state index in [2.05, 4.69) is 29.3 Å². The van der Waals surface area contributed by atoms with Crippen LogP contribution in [0.1, 0.15) is 44.6 Å². The van der Waals surface area contributed by atoms with Crippen molar-refractivity contribution in [3.63, 3.8) is 0 Å². The highest BCUT2D eigenvalue weighted by Gasteiger charge is 2.36. The Kier molecular flexibility index (Phi) is 4.98. The van der Waals surface area contributed by atoms with Crippen molar-refractivity contribution >= 4 is 5.91 Å². The first kappa shape index (κ1) is 15.3. The van der Waals surface area contributed by atoms with Crippen LogP contribution >= 0.6 is 0 Å². The number of hydrogen-bond acceptors (Lipinski definition) is 3. The minimum absolute atomic E-state index is 0.168. The highest BCUT2D eigenvalue weighted by Crippen LogP contribution is 2.27. The number of rotatable bonds is 5. The van der Waals surface area contributed by atoms with Crippen LogP contribution in [0.4, 0.5) is 0 Å². The molecule has 4 nitrogen and oxygen atoms in total. The predicted octanol–water partition coefficient (Wildman–Crippen LogP) is 2.72. The van der Waals surface area contributed by atoms with Crippen LogP contribution in [0, 0.1) is 0 Å². The van der Waals surface area contributed by atoms with E-state index in [0.717, 1.165) is 31.7 Å². The third-order valence-electron chi connectivity index (χ3n) is 4.65. The zero-order chi connectivity index (χ0) is 15.4. The summed E-state index contributed by atoms with van der Waals surface area (Å²) < 4.78 is 5.71. The SMILES string of the molecule is CCCOc1cccc(CN2CC(=O)NC3CCCCC32)c1. The van der Waals surface area contributed by atoms with Crippen LogP contribution in [0.3, 0.4) is 0 Å². The lowest BCUT2D eigenvalue weighted by molar-refractivity contribution is -0.128. The van der Waals surface area contributed by atoms with Gasteiger partial charge in [-0.2, -0.15) is 0 Å². The van der Waals surface area contributed by atoms with E-state index >= 15 is 0 Å². The van der Waals surface area contributed by atoms with E-state index < -0.39 is 0 Å². The van der Waals surface area contributed by atoms with Gasteiger partial charge in [0.1, 0.15) is 5.75 Å². The number of amides is 1. The van der Waals surface area contributed by atoms with Gasteiger partial charge < -0.3 is 10.1 Å². The lowest BCUT2D eigenvalue weighted by Crippen LogP contribution is -2.61. The number of nitrogens with one attached hydrogen (secondary N) is 1. The molecule has 0 bridgehead atoms. The number of fused-ring (bicyclic) bond motifs is 1. The Morgan fingerprint density at radius 3 is 3.05 bits per heavy atom. The quantitative estimate of drug-likeness (QED) is 0.909. The van der Waals surface area contributed by atoms with E-state index in [1.165, 1.54) is 24.8 Å². The lowest BCUT2D eigenvalue weighted by Gasteiger charge is -2.44. The van der Waals surface area contributed by atoms with E-state index in [4.69, 9.17) is 4.74 Å². The smallest absolute Gasteiger partial charge is 0.234 e. The van der Waals surface area contributed by atoms with Gasteiger partial charge in [0, 0.05) is 18.6 Å². The van der Waals surface area contributed by atoms with Gasteiger partial charge in [0.2, 0.25) is 5.91 Å². The first-order valence-corrected chi connectivity index (χ1v) is 8.51. The van der Waals surface area contributed by atoms with Crippen molar-refractivity contribution in [3.05, 3.63) is 29.8 Å². The number of benzene rings is 1. The largest absolute Gasteiger partial charge is 0.494 e. The summed E-state index contributed by atoms with van der Waals surface area (Å²) in [4.78, 5) is 14.3. The van der Waals surface area contributed by atoms with E-state index in [1.54, 1.807) is 0 Å². The van der Waals surface area contributed by atoms with Gasteiger partial charge in [0.15, 0.2) is 0 Å². The Morgan fingerprint density at radius 2 is 2.18 bits per heavy atom. The topological polar surface area (TPSA) is 41.6 Å². The third-order valence-corrected chi connectivity index (χ3v) is 4.65. The number of piperazine rings is 1. The molecular weight excluding hydrogens is 276 g/mol. The molecule has 0 spiro atoms. The average Bonchev–Trinajstić information content (AvgIpc) is 2.53. The molecule has 1 saturated carbocycles. The molecule has 1 N–H and O–H groups in total. The number of hydrogen-bond donors (Lipinski definition) is 1. The van der Waals surface area contributed by atoms with Crippen LogP contribution in [-0.2, 0) is 11.3 Å². The molecule has 2 fully saturated rings. The molecule has 0 radical (unpaired) electrons. The fourth-order valence-electron chi connectivity index (χ4n) is 3.63. The summed E-state index contributed by atoms with van der Waals surface area (Å²) in [5, 5.41) is 3.17. The van der Waals surface area contributed by atoms with Gasteiger partial charge in [0.05, 0.1) is 13.2 Å². The molecule has 4 heteroatoms. The minimum atomic E-state index is 0.168. The number of carbonyl (C=O) groups is 1. The molecule has 1 aliphatic carbocycles. The van der Waals surface area contributed by atoms with Gasteiger partial charge in [-0.3, -0.25) is 9.69 Å². The summed E-state index contributed by atoms with van der Waals surface area (Å²) in [6.45, 7) is 4.21. The van der Waals surface area contributed by atoms with Gasteiger partial charge in [-0.1, -0.05) is 31.9 Å². The maximum Gasteiger partial charge on any atom is 0.234 e. The van der Waals surface area contributed by atoms with Crippen LogP contribution in [0.2, 0.25) is 0 Å². The average molecular weight is 302 g/mol. The second-order valence-electron chi connectivity index (χ2n) is 6.43. The fraction of sp³-hybridized carbons (Fsp3) is 0.611. The van der Waals surface area contributed by atoms with Crippen molar-refractivity contribution in [2.75, 3.05) is 13.2 Å². The van der Waals surface area contributed by atoms with Gasteiger partial charge in [-0.25, -0.2) is 0 Å². The number of ether oxygens (including phenoxy) is 1. The predicted molar refractivity (Wildman–Crippen MR) is 86.8 cm³/mol. The van der Waals surface area contributed by atoms with Gasteiger partial charge in [0.25, 0.3) is 0 Å². The summed E-state index contributed by atoms with van der Waals surface area (Å²) in [6.07, 6.45) is 5.83. The second kappa shape index (κ2) is 7.14. The second-order valence-corrected chi connectivity index (χ2v) is 6.43. The van der Waals surface area contributed by atoms with Crippen molar-refractivity contribution in [3.8, 4) is 5.75 Å². The first-order valence-electron chi connectivity index (χ1n) is 8.51. The normalized spacial score (nSPS) is 25.4. The zero-order valence-electron chi connectivity index (χ0n) is 13.4. The Labute approximate surface area is 132 Å². The van der Waals surface area contributed by atoms with Crippen molar-refractivity contribution in [1.29, 1.82) is 0 Å². The van der Waals surface area contributed by atoms with Crippen molar-refractivity contribution in [2.45, 2.75) is 57.7 Å². The monoisotopic (exact) mass is 302 g/mol. The standard InChI is InChI=1S/C18H26N2O2/c1-2-10-22-15-7-5-6-14(11-15)12-20-13-18(21)19-16-8-3-4-9-17(16)20/h5-7,11,16-17H,2-4,8-10,12-13H2,1H3,(H,19,21). The van der Waals surface area contributed by atoms with Crippen LogP contribution in [0.15, 0.2) is 24.3 Å². The summed E-state index contributed by atoms with van der Waals surface area (Å²) in [6, 6.07) is 9.12. The molecule has 3 rings (SSSR count). The maximum atomic E-state index is 11.9. The summed E-state index contributed by atoms with van der Waals surface area (Å²) in [5.41, 5.74) is 1.23. The van der Waals surface area contributed by atoms with Crippen molar-refractivity contribution in [1.82, 2.24) is 10.2 Å². The first-order chi connectivity index (χ1) is 10.8. The van der Waals surface area contributed by atoms with E-state index in [0.29, 0.717) is 18.6 Å². The molecule has 2 atom stereocenters. The van der Waals surface area contributed by atoms with E-state index in [-0.39, 0.29) is 5.91 Å². The molecule has 1 aliphatic heterocycles. The number of carbonyl (C=O) groups excluding carboxylic acids is 1. The Balaban J connectivity index is 1.69. The summed E-state index contributed by atoms with van der Waals surface area (Å²) in [7, 11) is 0. The molecule has 0 aromatic heterocycles.